The SMILES string of the molecule is CCC(=O)O[C@]1(C(=O)CO)C(C)C[C@H]2[C@@H]3CCC4CC(=O)CC[C@]4(C)[C@@]3(F)C(O)C[C@@]21C. The van der Waals surface area contributed by atoms with Crippen LogP contribution in [0.4, 0.5) is 4.39 Å². The molecule has 4 saturated carbocycles. The Bertz CT molecular complexity index is 829. The molecule has 0 aromatic rings. The molecule has 3 unspecified atom stereocenters. The Labute approximate surface area is 189 Å². The van der Waals surface area contributed by atoms with Crippen molar-refractivity contribution < 1.29 is 33.7 Å². The molecule has 0 radical (unpaired) electrons. The minimum Gasteiger partial charge on any atom is -0.450 e. The second-order valence-corrected chi connectivity index (χ2v) is 11.3. The zero-order valence-corrected chi connectivity index (χ0v) is 19.7. The van der Waals surface area contributed by atoms with E-state index in [0.29, 0.717) is 38.5 Å². The third kappa shape index (κ3) is 2.73. The number of fused-ring (bicyclic) bond motifs is 5. The van der Waals surface area contributed by atoms with Crippen LogP contribution < -0.4 is 0 Å². The lowest BCUT2D eigenvalue weighted by atomic mass is 9.42. The highest BCUT2D eigenvalue weighted by Gasteiger charge is 2.77. The molecule has 0 bridgehead atoms. The van der Waals surface area contributed by atoms with E-state index in [2.05, 4.69) is 0 Å². The van der Waals surface area contributed by atoms with Crippen LogP contribution in [0, 0.1) is 34.5 Å². The first-order chi connectivity index (χ1) is 14.9. The molecule has 6 nitrogen and oxygen atoms in total. The number of carbonyl (C=O) groups excluding carboxylic acids is 3. The topological polar surface area (TPSA) is 101 Å². The van der Waals surface area contributed by atoms with Crippen LogP contribution in [0.5, 0.6) is 0 Å². The van der Waals surface area contributed by atoms with Gasteiger partial charge in [0, 0.05) is 36.0 Å². The van der Waals surface area contributed by atoms with Crippen LogP contribution in [0.2, 0.25) is 0 Å². The highest BCUT2D eigenvalue weighted by Crippen LogP contribution is 2.72. The molecule has 0 aromatic heterocycles. The number of Topliss-reactive ketones (excluding diaryl/α,β-unsaturated/α-hetero) is 2. The van der Waals surface area contributed by atoms with E-state index >= 15 is 4.39 Å². The van der Waals surface area contributed by atoms with E-state index in [0.717, 1.165) is 0 Å². The van der Waals surface area contributed by atoms with Crippen LogP contribution >= 0.6 is 0 Å². The van der Waals surface area contributed by atoms with Gasteiger partial charge in [-0.15, -0.1) is 0 Å². The van der Waals surface area contributed by atoms with Gasteiger partial charge in [0.1, 0.15) is 18.1 Å². The summed E-state index contributed by atoms with van der Waals surface area (Å²) in [6.07, 6.45) is 1.56. The van der Waals surface area contributed by atoms with Gasteiger partial charge >= 0.3 is 5.97 Å². The van der Waals surface area contributed by atoms with Gasteiger partial charge in [-0.25, -0.2) is 4.39 Å². The Kier molecular flexibility index (Phi) is 5.65. The Balaban J connectivity index is 1.81. The van der Waals surface area contributed by atoms with E-state index in [1.807, 2.05) is 20.8 Å². The molecule has 4 fully saturated rings. The number of esters is 1. The van der Waals surface area contributed by atoms with Crippen LogP contribution in [0.3, 0.4) is 0 Å². The molecule has 2 N–H and O–H groups in total. The predicted molar refractivity (Wildman–Crippen MR) is 114 cm³/mol. The Morgan fingerprint density at radius 2 is 1.88 bits per heavy atom. The number of ketones is 2. The van der Waals surface area contributed by atoms with Gasteiger partial charge in [-0.2, -0.15) is 0 Å². The summed E-state index contributed by atoms with van der Waals surface area (Å²) >= 11 is 0. The van der Waals surface area contributed by atoms with Gasteiger partial charge < -0.3 is 14.9 Å². The number of ether oxygens (including phenoxy) is 1. The van der Waals surface area contributed by atoms with Crippen LogP contribution in [-0.4, -0.2) is 51.7 Å². The van der Waals surface area contributed by atoms with Gasteiger partial charge in [-0.1, -0.05) is 27.7 Å². The largest absolute Gasteiger partial charge is 0.450 e. The van der Waals surface area contributed by atoms with E-state index in [-0.39, 0.29) is 30.5 Å². The molecule has 0 aliphatic heterocycles. The average Bonchev–Trinajstić information content (AvgIpc) is 2.96. The normalized spacial score (nSPS) is 50.2. The Morgan fingerprint density at radius 3 is 2.50 bits per heavy atom. The van der Waals surface area contributed by atoms with Gasteiger partial charge in [0.25, 0.3) is 0 Å². The number of aliphatic hydroxyl groups is 2. The van der Waals surface area contributed by atoms with Crippen LogP contribution in [0.15, 0.2) is 0 Å². The van der Waals surface area contributed by atoms with E-state index < -0.39 is 58.4 Å². The first-order valence-electron chi connectivity index (χ1n) is 12.2. The number of halogens is 1. The number of hydrogen-bond donors (Lipinski definition) is 2. The molecule has 4 aliphatic carbocycles. The molecular weight excluding hydrogens is 415 g/mol. The number of hydrogen-bond acceptors (Lipinski definition) is 6. The fourth-order valence-electron chi connectivity index (χ4n) is 8.61. The summed E-state index contributed by atoms with van der Waals surface area (Å²) in [7, 11) is 0. The molecular formula is C25H37FO6. The fraction of sp³-hybridized carbons (Fsp3) is 0.880. The quantitative estimate of drug-likeness (QED) is 0.636. The second kappa shape index (κ2) is 7.59. The summed E-state index contributed by atoms with van der Waals surface area (Å²) < 4.78 is 23.1. The molecule has 32 heavy (non-hydrogen) atoms. The molecule has 0 aromatic carbocycles. The van der Waals surface area contributed by atoms with Gasteiger partial charge in [0.2, 0.25) is 5.78 Å². The maximum Gasteiger partial charge on any atom is 0.306 e. The van der Waals surface area contributed by atoms with Crippen molar-refractivity contribution in [1.82, 2.24) is 0 Å². The van der Waals surface area contributed by atoms with Crippen LogP contribution in [0.1, 0.15) is 79.1 Å². The highest BCUT2D eigenvalue weighted by molar-refractivity contribution is 5.92. The van der Waals surface area contributed by atoms with Crippen molar-refractivity contribution in [1.29, 1.82) is 0 Å². The molecule has 7 heteroatoms. The van der Waals surface area contributed by atoms with Gasteiger partial charge in [-0.05, 0) is 49.9 Å². The van der Waals surface area contributed by atoms with Crippen molar-refractivity contribution in [2.45, 2.75) is 96.4 Å². The van der Waals surface area contributed by atoms with Crippen molar-refractivity contribution in [3.8, 4) is 0 Å². The summed E-state index contributed by atoms with van der Waals surface area (Å²) in [5.41, 5.74) is -5.24. The van der Waals surface area contributed by atoms with E-state index in [1.54, 1.807) is 6.92 Å². The molecule has 0 amide bonds. The molecule has 180 valence electrons. The fourth-order valence-corrected chi connectivity index (χ4v) is 8.61. The van der Waals surface area contributed by atoms with Crippen molar-refractivity contribution in [2.75, 3.05) is 6.61 Å². The zero-order valence-electron chi connectivity index (χ0n) is 19.7. The predicted octanol–water partition coefficient (Wildman–Crippen LogP) is 3.16. The van der Waals surface area contributed by atoms with E-state index in [4.69, 9.17) is 4.74 Å². The molecule has 4 rings (SSSR count). The van der Waals surface area contributed by atoms with Gasteiger partial charge in [0.15, 0.2) is 5.60 Å². The lowest BCUT2D eigenvalue weighted by Crippen LogP contribution is -2.71. The van der Waals surface area contributed by atoms with Crippen molar-refractivity contribution >= 4 is 17.5 Å². The monoisotopic (exact) mass is 452 g/mol. The minimum absolute atomic E-state index is 0.0198. The lowest BCUT2D eigenvalue weighted by Gasteiger charge is -2.65. The summed E-state index contributed by atoms with van der Waals surface area (Å²) in [4.78, 5) is 37.7. The first-order valence-corrected chi connectivity index (χ1v) is 12.2. The average molecular weight is 453 g/mol. The second-order valence-electron chi connectivity index (χ2n) is 11.3. The summed E-state index contributed by atoms with van der Waals surface area (Å²) in [5.74, 6) is -2.21. The van der Waals surface area contributed by atoms with E-state index in [1.165, 1.54) is 0 Å². The maximum atomic E-state index is 17.3. The number of rotatable bonds is 4. The molecule has 9 atom stereocenters. The summed E-state index contributed by atoms with van der Waals surface area (Å²) in [6, 6.07) is 0. The van der Waals surface area contributed by atoms with Crippen molar-refractivity contribution in [2.24, 2.45) is 34.5 Å². The number of carbonyl (C=O) groups is 3. The van der Waals surface area contributed by atoms with Crippen molar-refractivity contribution in [3.63, 3.8) is 0 Å². The van der Waals surface area contributed by atoms with E-state index in [9.17, 15) is 24.6 Å². The Morgan fingerprint density at radius 1 is 1.19 bits per heavy atom. The zero-order chi connectivity index (χ0) is 23.7. The molecule has 0 spiro atoms. The first kappa shape index (κ1) is 23.8. The number of aliphatic hydroxyl groups excluding tert-OH is 2. The molecule has 4 aliphatic rings. The smallest absolute Gasteiger partial charge is 0.306 e. The van der Waals surface area contributed by atoms with Gasteiger partial charge in [-0.3, -0.25) is 14.4 Å². The van der Waals surface area contributed by atoms with Crippen molar-refractivity contribution in [3.05, 3.63) is 0 Å². The number of alkyl halides is 1. The lowest BCUT2D eigenvalue weighted by molar-refractivity contribution is -0.257. The summed E-state index contributed by atoms with van der Waals surface area (Å²) in [5, 5.41) is 21.3. The third-order valence-corrected chi connectivity index (χ3v) is 10.2. The molecule has 0 heterocycles. The molecule has 0 saturated heterocycles. The third-order valence-electron chi connectivity index (χ3n) is 10.2. The summed E-state index contributed by atoms with van der Waals surface area (Å²) in [6.45, 7) is 6.43. The maximum absolute atomic E-state index is 17.3. The van der Waals surface area contributed by atoms with Gasteiger partial charge in [0.05, 0.1) is 6.10 Å². The standard InChI is InChI=1S/C25H37FO6/c1-5-21(31)32-25(20(30)13-27)14(2)10-18-17-7-6-15-11-16(28)8-9-22(15,3)24(17,26)19(29)12-23(18,25)4/h14-15,17-19,27,29H,5-13H2,1-4H3/t14?,15?,17-,18-,19?,22-,23-,24-,25-/m0/s1. The highest BCUT2D eigenvalue weighted by atomic mass is 19.1. The minimum atomic E-state index is -1.87. The Hall–Kier alpha value is -1.34. The van der Waals surface area contributed by atoms with Crippen LogP contribution in [0.25, 0.3) is 0 Å². The van der Waals surface area contributed by atoms with Crippen LogP contribution in [-0.2, 0) is 19.1 Å².